The second-order valence-corrected chi connectivity index (χ2v) is 4.50. The number of likely N-dealkylation sites (N-methyl/N-ethyl adjacent to an activating group) is 1. The average molecular weight is 236 g/mol. The smallest absolute Gasteiger partial charge is 0.122 e. The Hall–Kier alpha value is -1.06. The van der Waals surface area contributed by atoms with E-state index >= 15 is 0 Å². The van der Waals surface area contributed by atoms with E-state index in [0.29, 0.717) is 13.2 Å². The normalized spacial score (nSPS) is 10.9. The van der Waals surface area contributed by atoms with E-state index in [9.17, 15) is 0 Å². The van der Waals surface area contributed by atoms with Gasteiger partial charge < -0.3 is 15.4 Å². The van der Waals surface area contributed by atoms with Gasteiger partial charge in [-0.15, -0.1) is 0 Å². The molecule has 0 aliphatic heterocycles. The minimum Gasteiger partial charge on any atom is -0.494 e. The van der Waals surface area contributed by atoms with Gasteiger partial charge in [0.15, 0.2) is 0 Å². The van der Waals surface area contributed by atoms with Gasteiger partial charge in [0.25, 0.3) is 0 Å². The van der Waals surface area contributed by atoms with Crippen molar-refractivity contribution in [3.05, 3.63) is 28.8 Å². The topological polar surface area (TPSA) is 38.5 Å². The fourth-order valence-electron chi connectivity index (χ4n) is 1.92. The molecule has 17 heavy (non-hydrogen) atoms. The van der Waals surface area contributed by atoms with Gasteiger partial charge in [0.05, 0.1) is 6.61 Å². The summed E-state index contributed by atoms with van der Waals surface area (Å²) in [7, 11) is 2.10. The summed E-state index contributed by atoms with van der Waals surface area (Å²) in [5.41, 5.74) is 9.38. The number of aryl methyl sites for hydroxylation is 2. The third-order valence-corrected chi connectivity index (χ3v) is 2.88. The van der Waals surface area contributed by atoms with Crippen molar-refractivity contribution in [1.82, 2.24) is 4.90 Å². The third-order valence-electron chi connectivity index (χ3n) is 2.88. The highest BCUT2D eigenvalue weighted by atomic mass is 16.5. The van der Waals surface area contributed by atoms with Crippen molar-refractivity contribution in [1.29, 1.82) is 0 Å². The fraction of sp³-hybridized carbons (Fsp3) is 0.571. The zero-order valence-electron chi connectivity index (χ0n) is 11.4. The summed E-state index contributed by atoms with van der Waals surface area (Å²) in [6.07, 6.45) is 0. The molecule has 1 rings (SSSR count). The summed E-state index contributed by atoms with van der Waals surface area (Å²) in [6, 6.07) is 4.35. The number of hydrogen-bond acceptors (Lipinski definition) is 3. The average Bonchev–Trinajstić information content (AvgIpc) is 2.26. The maximum Gasteiger partial charge on any atom is 0.122 e. The molecule has 3 heteroatoms. The third kappa shape index (κ3) is 4.02. The van der Waals surface area contributed by atoms with E-state index in [0.717, 1.165) is 18.8 Å². The Kier molecular flexibility index (Phi) is 5.45. The predicted molar refractivity (Wildman–Crippen MR) is 72.5 cm³/mol. The van der Waals surface area contributed by atoms with Crippen molar-refractivity contribution in [2.75, 3.05) is 26.7 Å². The van der Waals surface area contributed by atoms with Gasteiger partial charge in [-0.05, 0) is 50.6 Å². The molecule has 0 atom stereocenters. The Morgan fingerprint density at radius 3 is 2.53 bits per heavy atom. The zero-order chi connectivity index (χ0) is 12.8. The molecule has 0 heterocycles. The van der Waals surface area contributed by atoms with Crippen molar-refractivity contribution < 1.29 is 4.74 Å². The molecule has 0 aliphatic carbocycles. The second kappa shape index (κ2) is 6.62. The molecule has 0 radical (unpaired) electrons. The number of rotatable bonds is 6. The summed E-state index contributed by atoms with van der Waals surface area (Å²) >= 11 is 0. The number of benzene rings is 1. The first-order chi connectivity index (χ1) is 8.08. The van der Waals surface area contributed by atoms with Gasteiger partial charge in [0.1, 0.15) is 5.75 Å². The highest BCUT2D eigenvalue weighted by molar-refractivity contribution is 5.41. The SMILES string of the molecule is CCOc1cc(C)c(CN(C)CCN)cc1C. The Morgan fingerprint density at radius 2 is 1.94 bits per heavy atom. The molecule has 0 spiro atoms. The van der Waals surface area contributed by atoms with Gasteiger partial charge in [0, 0.05) is 19.6 Å². The van der Waals surface area contributed by atoms with Crippen molar-refractivity contribution in [3.8, 4) is 5.75 Å². The quantitative estimate of drug-likeness (QED) is 0.822. The van der Waals surface area contributed by atoms with Gasteiger partial charge in [-0.25, -0.2) is 0 Å². The molecule has 1 aromatic carbocycles. The lowest BCUT2D eigenvalue weighted by molar-refractivity contribution is 0.330. The van der Waals surface area contributed by atoms with Crippen LogP contribution in [0.5, 0.6) is 5.75 Å². The van der Waals surface area contributed by atoms with Crippen LogP contribution in [-0.4, -0.2) is 31.6 Å². The van der Waals surface area contributed by atoms with Gasteiger partial charge in [-0.1, -0.05) is 6.07 Å². The number of ether oxygens (including phenoxy) is 1. The van der Waals surface area contributed by atoms with E-state index in [1.165, 1.54) is 16.7 Å². The van der Waals surface area contributed by atoms with E-state index < -0.39 is 0 Å². The molecular formula is C14H24N2O. The van der Waals surface area contributed by atoms with Crippen LogP contribution >= 0.6 is 0 Å². The van der Waals surface area contributed by atoms with Crippen LogP contribution in [0, 0.1) is 13.8 Å². The minimum absolute atomic E-state index is 0.700. The summed E-state index contributed by atoms with van der Waals surface area (Å²) in [5.74, 6) is 0.996. The number of nitrogens with two attached hydrogens (primary N) is 1. The van der Waals surface area contributed by atoms with E-state index in [1.807, 2.05) is 6.92 Å². The van der Waals surface area contributed by atoms with Gasteiger partial charge >= 0.3 is 0 Å². The molecule has 0 bridgehead atoms. The molecule has 1 aromatic rings. The molecular weight excluding hydrogens is 212 g/mol. The number of nitrogens with zero attached hydrogens (tertiary/aromatic N) is 1. The van der Waals surface area contributed by atoms with E-state index in [1.54, 1.807) is 0 Å². The largest absolute Gasteiger partial charge is 0.494 e. The van der Waals surface area contributed by atoms with Gasteiger partial charge in [-0.3, -0.25) is 0 Å². The Bertz CT molecular complexity index is 363. The van der Waals surface area contributed by atoms with Crippen molar-refractivity contribution in [2.24, 2.45) is 5.73 Å². The number of hydrogen-bond donors (Lipinski definition) is 1. The van der Waals surface area contributed by atoms with Crippen molar-refractivity contribution in [2.45, 2.75) is 27.3 Å². The summed E-state index contributed by atoms with van der Waals surface area (Å²) < 4.78 is 5.59. The van der Waals surface area contributed by atoms with Crippen LogP contribution in [-0.2, 0) is 6.54 Å². The minimum atomic E-state index is 0.700. The Morgan fingerprint density at radius 1 is 1.24 bits per heavy atom. The first kappa shape index (κ1) is 14.0. The van der Waals surface area contributed by atoms with Crippen LogP contribution < -0.4 is 10.5 Å². The first-order valence-electron chi connectivity index (χ1n) is 6.20. The highest BCUT2D eigenvalue weighted by Crippen LogP contribution is 2.23. The zero-order valence-corrected chi connectivity index (χ0v) is 11.4. The molecule has 0 fully saturated rings. The first-order valence-corrected chi connectivity index (χ1v) is 6.20. The van der Waals surface area contributed by atoms with Crippen LogP contribution in [0.15, 0.2) is 12.1 Å². The summed E-state index contributed by atoms with van der Waals surface area (Å²) in [5, 5.41) is 0. The van der Waals surface area contributed by atoms with E-state index in [2.05, 4.69) is 37.9 Å². The van der Waals surface area contributed by atoms with Crippen molar-refractivity contribution in [3.63, 3.8) is 0 Å². The standard InChI is InChI=1S/C14H24N2O/c1-5-17-14-9-11(2)13(8-12(14)3)10-16(4)7-6-15/h8-9H,5-7,10,15H2,1-4H3. The molecule has 0 saturated carbocycles. The van der Waals surface area contributed by atoms with Gasteiger partial charge in [-0.2, -0.15) is 0 Å². The Balaban J connectivity index is 2.83. The van der Waals surface area contributed by atoms with E-state index in [4.69, 9.17) is 10.5 Å². The fourth-order valence-corrected chi connectivity index (χ4v) is 1.92. The lowest BCUT2D eigenvalue weighted by Gasteiger charge is -2.18. The highest BCUT2D eigenvalue weighted by Gasteiger charge is 2.07. The molecule has 0 aromatic heterocycles. The molecule has 0 saturated heterocycles. The van der Waals surface area contributed by atoms with Crippen LogP contribution in [0.1, 0.15) is 23.6 Å². The van der Waals surface area contributed by atoms with Crippen LogP contribution in [0.3, 0.4) is 0 Å². The lowest BCUT2D eigenvalue weighted by Crippen LogP contribution is -2.25. The maximum absolute atomic E-state index is 5.59. The van der Waals surface area contributed by atoms with Crippen LogP contribution in [0.25, 0.3) is 0 Å². The van der Waals surface area contributed by atoms with Crippen molar-refractivity contribution >= 4 is 0 Å². The maximum atomic E-state index is 5.59. The van der Waals surface area contributed by atoms with Crippen LogP contribution in [0.4, 0.5) is 0 Å². The molecule has 96 valence electrons. The second-order valence-electron chi connectivity index (χ2n) is 4.50. The molecule has 3 nitrogen and oxygen atoms in total. The Labute approximate surface area is 105 Å². The van der Waals surface area contributed by atoms with Gasteiger partial charge in [0.2, 0.25) is 0 Å². The lowest BCUT2D eigenvalue weighted by atomic mass is 10.0. The van der Waals surface area contributed by atoms with Crippen LogP contribution in [0.2, 0.25) is 0 Å². The summed E-state index contributed by atoms with van der Waals surface area (Å²) in [4.78, 5) is 2.24. The van der Waals surface area contributed by atoms with E-state index in [-0.39, 0.29) is 0 Å². The molecule has 2 N–H and O–H groups in total. The molecule has 0 aliphatic rings. The predicted octanol–water partition coefficient (Wildman–Crippen LogP) is 2.09. The monoisotopic (exact) mass is 236 g/mol. The summed E-state index contributed by atoms with van der Waals surface area (Å²) in [6.45, 7) is 9.52. The molecule has 0 amide bonds. The molecule has 0 unspecified atom stereocenters.